The van der Waals surface area contributed by atoms with Gasteiger partial charge in [0.25, 0.3) is 5.91 Å². The van der Waals surface area contributed by atoms with Crippen LogP contribution in [0.2, 0.25) is 0 Å². The van der Waals surface area contributed by atoms with Gasteiger partial charge in [0.15, 0.2) is 0 Å². The molecule has 0 fully saturated rings. The molecule has 146 valence electrons. The van der Waals surface area contributed by atoms with Gasteiger partial charge in [0.05, 0.1) is 31.3 Å². The predicted molar refractivity (Wildman–Crippen MR) is 105 cm³/mol. The summed E-state index contributed by atoms with van der Waals surface area (Å²) in [5, 5.41) is 7.39. The van der Waals surface area contributed by atoms with E-state index in [0.29, 0.717) is 22.8 Å². The van der Waals surface area contributed by atoms with E-state index in [1.165, 1.54) is 16.8 Å². The highest BCUT2D eigenvalue weighted by molar-refractivity contribution is 5.94. The third-order valence-electron chi connectivity index (χ3n) is 4.40. The third-order valence-corrected chi connectivity index (χ3v) is 4.40. The van der Waals surface area contributed by atoms with E-state index in [4.69, 9.17) is 9.15 Å². The number of benzene rings is 2. The summed E-state index contributed by atoms with van der Waals surface area (Å²) in [4.78, 5) is 12.8. The molecule has 6 nitrogen and oxygen atoms in total. The number of nitrogens with one attached hydrogen (secondary N) is 1. The molecule has 2 aromatic carbocycles. The lowest BCUT2D eigenvalue weighted by atomic mass is 10.1. The SMILES string of the molecule is COc1ccc(-c2cc(C(=O)NCc3ccco3)n(-c3ccc(F)cc3)n2)cc1. The Morgan fingerprint density at radius 1 is 1.14 bits per heavy atom. The number of ether oxygens (including phenoxy) is 1. The van der Waals surface area contributed by atoms with E-state index in [1.54, 1.807) is 43.7 Å². The number of carbonyl (C=O) groups excluding carboxylic acids is 1. The molecule has 4 rings (SSSR count). The Balaban J connectivity index is 1.69. The van der Waals surface area contributed by atoms with Gasteiger partial charge in [-0.2, -0.15) is 5.10 Å². The second kappa shape index (κ2) is 8.02. The molecule has 0 aliphatic carbocycles. The van der Waals surface area contributed by atoms with Crippen molar-refractivity contribution >= 4 is 5.91 Å². The van der Waals surface area contributed by atoms with Crippen LogP contribution >= 0.6 is 0 Å². The van der Waals surface area contributed by atoms with Gasteiger partial charge in [-0.1, -0.05) is 0 Å². The van der Waals surface area contributed by atoms with Crippen molar-refractivity contribution in [2.75, 3.05) is 7.11 Å². The van der Waals surface area contributed by atoms with E-state index in [1.807, 2.05) is 24.3 Å². The maximum absolute atomic E-state index is 13.3. The number of methoxy groups -OCH3 is 1. The largest absolute Gasteiger partial charge is 0.497 e. The zero-order valence-electron chi connectivity index (χ0n) is 15.6. The van der Waals surface area contributed by atoms with Crippen LogP contribution in [0.15, 0.2) is 77.4 Å². The van der Waals surface area contributed by atoms with Crippen molar-refractivity contribution in [3.05, 3.63) is 90.3 Å². The molecule has 2 aromatic heterocycles. The van der Waals surface area contributed by atoms with Crippen molar-refractivity contribution in [2.45, 2.75) is 6.54 Å². The predicted octanol–water partition coefficient (Wildman–Crippen LogP) is 4.21. The van der Waals surface area contributed by atoms with Crippen molar-refractivity contribution < 1.29 is 18.3 Å². The van der Waals surface area contributed by atoms with Gasteiger partial charge >= 0.3 is 0 Å². The topological polar surface area (TPSA) is 69.3 Å². The summed E-state index contributed by atoms with van der Waals surface area (Å²) in [5.74, 6) is 0.683. The van der Waals surface area contributed by atoms with Crippen LogP contribution < -0.4 is 10.1 Å². The first-order valence-electron chi connectivity index (χ1n) is 8.95. The second-order valence-corrected chi connectivity index (χ2v) is 6.29. The van der Waals surface area contributed by atoms with E-state index < -0.39 is 0 Å². The van der Waals surface area contributed by atoms with Gasteiger partial charge in [0.1, 0.15) is 23.0 Å². The highest BCUT2D eigenvalue weighted by Gasteiger charge is 2.18. The van der Waals surface area contributed by atoms with Crippen LogP contribution in [-0.2, 0) is 6.54 Å². The molecular weight excluding hydrogens is 373 g/mol. The number of aromatic nitrogens is 2. The fraction of sp³-hybridized carbons (Fsp3) is 0.0909. The molecule has 0 unspecified atom stereocenters. The number of halogens is 1. The molecule has 0 bridgehead atoms. The molecule has 2 heterocycles. The average Bonchev–Trinajstić information content (AvgIpc) is 3.43. The maximum Gasteiger partial charge on any atom is 0.270 e. The molecule has 0 radical (unpaired) electrons. The van der Waals surface area contributed by atoms with Crippen molar-refractivity contribution in [2.24, 2.45) is 0 Å². The van der Waals surface area contributed by atoms with Gasteiger partial charge in [0.2, 0.25) is 0 Å². The third kappa shape index (κ3) is 4.03. The molecule has 0 saturated heterocycles. The van der Waals surface area contributed by atoms with Gasteiger partial charge in [-0.15, -0.1) is 0 Å². The minimum Gasteiger partial charge on any atom is -0.497 e. The number of furan rings is 1. The number of nitrogens with zero attached hydrogens (tertiary/aromatic N) is 2. The van der Waals surface area contributed by atoms with E-state index >= 15 is 0 Å². The molecule has 0 atom stereocenters. The number of rotatable bonds is 6. The van der Waals surface area contributed by atoms with E-state index in [9.17, 15) is 9.18 Å². The van der Waals surface area contributed by atoms with Crippen LogP contribution in [0.5, 0.6) is 5.75 Å². The Morgan fingerprint density at radius 2 is 1.90 bits per heavy atom. The van der Waals surface area contributed by atoms with Crippen LogP contribution in [0.4, 0.5) is 4.39 Å². The quantitative estimate of drug-likeness (QED) is 0.535. The minimum absolute atomic E-state index is 0.248. The van der Waals surface area contributed by atoms with Crippen LogP contribution in [0.1, 0.15) is 16.2 Å². The van der Waals surface area contributed by atoms with Gasteiger partial charge in [0, 0.05) is 5.56 Å². The van der Waals surface area contributed by atoms with E-state index in [0.717, 1.165) is 11.3 Å². The molecular formula is C22H18FN3O3. The Hall–Kier alpha value is -3.87. The van der Waals surface area contributed by atoms with Crippen molar-refractivity contribution in [3.63, 3.8) is 0 Å². The number of carbonyl (C=O) groups is 1. The molecule has 1 N–H and O–H groups in total. The number of amides is 1. The number of hydrogen-bond acceptors (Lipinski definition) is 4. The highest BCUT2D eigenvalue weighted by Crippen LogP contribution is 2.24. The zero-order chi connectivity index (χ0) is 20.2. The minimum atomic E-state index is -0.361. The summed E-state index contributed by atoms with van der Waals surface area (Å²) in [5.41, 5.74) is 2.34. The molecule has 4 aromatic rings. The van der Waals surface area contributed by atoms with Gasteiger partial charge in [-0.05, 0) is 66.7 Å². The zero-order valence-corrected chi connectivity index (χ0v) is 15.6. The Morgan fingerprint density at radius 3 is 2.55 bits per heavy atom. The lowest BCUT2D eigenvalue weighted by Gasteiger charge is -2.07. The summed E-state index contributed by atoms with van der Waals surface area (Å²) in [6.45, 7) is 0.248. The summed E-state index contributed by atoms with van der Waals surface area (Å²) in [6, 6.07) is 18.4. The Labute approximate surface area is 166 Å². The van der Waals surface area contributed by atoms with Crippen molar-refractivity contribution in [3.8, 4) is 22.7 Å². The lowest BCUT2D eigenvalue weighted by Crippen LogP contribution is -2.25. The van der Waals surface area contributed by atoms with Gasteiger partial charge < -0.3 is 14.5 Å². The number of hydrogen-bond donors (Lipinski definition) is 1. The van der Waals surface area contributed by atoms with Crippen LogP contribution in [0.25, 0.3) is 16.9 Å². The Kier molecular flexibility index (Phi) is 5.11. The lowest BCUT2D eigenvalue weighted by molar-refractivity contribution is 0.0940. The fourth-order valence-corrected chi connectivity index (χ4v) is 2.90. The molecule has 7 heteroatoms. The standard InChI is InChI=1S/C22H18FN3O3/c1-28-18-10-4-15(5-11-18)20-13-21(22(27)24-14-19-3-2-12-29-19)26(25-20)17-8-6-16(23)7-9-17/h2-13H,14H2,1H3,(H,24,27). The van der Waals surface area contributed by atoms with E-state index in [-0.39, 0.29) is 18.3 Å². The van der Waals surface area contributed by atoms with Gasteiger partial charge in [-0.25, -0.2) is 9.07 Å². The van der Waals surface area contributed by atoms with Gasteiger partial charge in [-0.3, -0.25) is 4.79 Å². The molecule has 0 aliphatic rings. The normalized spacial score (nSPS) is 10.7. The molecule has 0 aliphatic heterocycles. The highest BCUT2D eigenvalue weighted by atomic mass is 19.1. The fourth-order valence-electron chi connectivity index (χ4n) is 2.90. The summed E-state index contributed by atoms with van der Waals surface area (Å²) >= 11 is 0. The Bertz CT molecular complexity index is 1100. The van der Waals surface area contributed by atoms with Crippen LogP contribution in [-0.4, -0.2) is 22.8 Å². The second-order valence-electron chi connectivity index (χ2n) is 6.29. The smallest absolute Gasteiger partial charge is 0.270 e. The van der Waals surface area contributed by atoms with E-state index in [2.05, 4.69) is 10.4 Å². The monoisotopic (exact) mass is 391 g/mol. The van der Waals surface area contributed by atoms with Crippen LogP contribution in [0.3, 0.4) is 0 Å². The molecule has 29 heavy (non-hydrogen) atoms. The first kappa shape index (κ1) is 18.5. The summed E-state index contributed by atoms with van der Waals surface area (Å²) < 4.78 is 25.3. The summed E-state index contributed by atoms with van der Waals surface area (Å²) in [6.07, 6.45) is 1.55. The average molecular weight is 391 g/mol. The summed E-state index contributed by atoms with van der Waals surface area (Å²) in [7, 11) is 1.60. The van der Waals surface area contributed by atoms with Crippen molar-refractivity contribution in [1.29, 1.82) is 0 Å². The molecule has 0 spiro atoms. The maximum atomic E-state index is 13.3. The molecule has 1 amide bonds. The first-order valence-corrected chi connectivity index (χ1v) is 8.95. The van der Waals surface area contributed by atoms with Crippen molar-refractivity contribution in [1.82, 2.24) is 15.1 Å². The van der Waals surface area contributed by atoms with Crippen LogP contribution in [0, 0.1) is 5.82 Å². The first-order chi connectivity index (χ1) is 14.1. The molecule has 0 saturated carbocycles.